The fourth-order valence-corrected chi connectivity index (χ4v) is 4.99. The number of hydroxylamine groups is 3. The highest BCUT2D eigenvalue weighted by Gasteiger charge is 2.58. The van der Waals surface area contributed by atoms with Crippen molar-refractivity contribution in [3.8, 4) is 11.5 Å². The van der Waals surface area contributed by atoms with Gasteiger partial charge < -0.3 is 23.5 Å². The van der Waals surface area contributed by atoms with E-state index in [1.807, 2.05) is 18.2 Å². The van der Waals surface area contributed by atoms with Crippen LogP contribution in [0.1, 0.15) is 17.5 Å². The van der Waals surface area contributed by atoms with Gasteiger partial charge in [0.25, 0.3) is 0 Å². The Morgan fingerprint density at radius 1 is 1.30 bits per heavy atom. The second-order valence-electron chi connectivity index (χ2n) is 7.07. The zero-order valence-corrected chi connectivity index (χ0v) is 15.9. The lowest BCUT2D eigenvalue weighted by atomic mass is 9.71. The van der Waals surface area contributed by atoms with Crippen LogP contribution in [0, 0.1) is 5.21 Å². The third-order valence-corrected chi connectivity index (χ3v) is 6.23. The van der Waals surface area contributed by atoms with Gasteiger partial charge in [-0.3, -0.25) is 4.55 Å². The van der Waals surface area contributed by atoms with Crippen molar-refractivity contribution in [3.05, 3.63) is 52.3 Å². The average molecular weight is 395 g/mol. The van der Waals surface area contributed by atoms with Crippen molar-refractivity contribution in [2.24, 2.45) is 0 Å². The van der Waals surface area contributed by atoms with Crippen LogP contribution in [-0.4, -0.2) is 51.0 Å². The summed E-state index contributed by atoms with van der Waals surface area (Å²) in [6.07, 6.45) is 6.53. The smallest absolute Gasteiger partial charge is 0.446 e. The second-order valence-corrected chi connectivity index (χ2v) is 8.10. The third-order valence-electron chi connectivity index (χ3n) is 5.84. The third kappa shape index (κ3) is 2.69. The van der Waals surface area contributed by atoms with Gasteiger partial charge in [-0.2, -0.15) is 8.42 Å². The summed E-state index contributed by atoms with van der Waals surface area (Å²) in [6.45, 7) is 0.745. The maximum Gasteiger partial charge on any atom is 0.446 e. The van der Waals surface area contributed by atoms with Gasteiger partial charge in [0.15, 0.2) is 17.0 Å². The summed E-state index contributed by atoms with van der Waals surface area (Å²) < 4.78 is 46.7. The highest BCUT2D eigenvalue weighted by molar-refractivity contribution is 7.81. The van der Waals surface area contributed by atoms with E-state index >= 15 is 0 Å². The lowest BCUT2D eigenvalue weighted by Gasteiger charge is -2.58. The van der Waals surface area contributed by atoms with Crippen molar-refractivity contribution in [1.29, 1.82) is 0 Å². The Morgan fingerprint density at radius 2 is 2.07 bits per heavy atom. The van der Waals surface area contributed by atoms with Crippen LogP contribution < -0.4 is 8.92 Å². The molecule has 4 rings (SSSR count). The molecule has 146 valence electrons. The molecular weight excluding hydrogens is 374 g/mol. The molecule has 2 heterocycles. The molecule has 1 aromatic rings. The van der Waals surface area contributed by atoms with E-state index in [-0.39, 0.29) is 17.6 Å². The molecule has 3 aliphatic rings. The van der Waals surface area contributed by atoms with Crippen LogP contribution in [0.5, 0.6) is 11.5 Å². The summed E-state index contributed by atoms with van der Waals surface area (Å²) >= 11 is 0. The van der Waals surface area contributed by atoms with Crippen LogP contribution in [-0.2, 0) is 27.1 Å². The molecule has 27 heavy (non-hydrogen) atoms. The van der Waals surface area contributed by atoms with Crippen molar-refractivity contribution in [1.82, 2.24) is 0 Å². The number of benzene rings is 1. The summed E-state index contributed by atoms with van der Waals surface area (Å²) in [7, 11) is -1.75. The van der Waals surface area contributed by atoms with Gasteiger partial charge in [-0.05, 0) is 23.8 Å². The Balaban J connectivity index is 1.94. The standard InChI is InChI=1S/C18H21NO7S/c1-24-14-4-3-13-6-8-19(20)7-5-12-9-16(25-2)17(26-27(21,22)23)10-15(12)18(13,19)11-14/h3-4,6,9-10,14H,5,7-8,11H2,1-2H3,(H,21,22,23)/t14-,18+,19?/m0/s1. The predicted octanol–water partition coefficient (Wildman–Crippen LogP) is 1.86. The molecule has 0 fully saturated rings. The number of rotatable bonds is 4. The first kappa shape index (κ1) is 18.5. The Bertz CT molecular complexity index is 955. The molecule has 0 amide bonds. The zero-order valence-electron chi connectivity index (χ0n) is 15.0. The molecule has 1 N–H and O–H groups in total. The fraction of sp³-hybridized carbons (Fsp3) is 0.444. The van der Waals surface area contributed by atoms with Crippen molar-refractivity contribution in [3.63, 3.8) is 0 Å². The van der Waals surface area contributed by atoms with Gasteiger partial charge in [-0.15, -0.1) is 0 Å². The van der Waals surface area contributed by atoms with Gasteiger partial charge >= 0.3 is 10.4 Å². The zero-order chi connectivity index (χ0) is 19.4. The van der Waals surface area contributed by atoms with Gasteiger partial charge in [0.2, 0.25) is 0 Å². The minimum absolute atomic E-state index is 0.142. The predicted molar refractivity (Wildman–Crippen MR) is 96.6 cm³/mol. The first-order chi connectivity index (χ1) is 12.7. The van der Waals surface area contributed by atoms with Crippen LogP contribution >= 0.6 is 0 Å². The number of fused-ring (bicyclic) bond motifs is 1. The van der Waals surface area contributed by atoms with E-state index in [9.17, 15) is 13.6 Å². The Morgan fingerprint density at radius 3 is 2.74 bits per heavy atom. The van der Waals surface area contributed by atoms with Gasteiger partial charge in [0.05, 0.1) is 26.3 Å². The molecule has 0 saturated heterocycles. The normalized spacial score (nSPS) is 31.6. The molecule has 0 bridgehead atoms. The number of methoxy groups -OCH3 is 2. The van der Waals surface area contributed by atoms with Gasteiger partial charge in [0, 0.05) is 31.1 Å². The fourth-order valence-electron chi connectivity index (χ4n) is 4.63. The summed E-state index contributed by atoms with van der Waals surface area (Å²) in [4.78, 5) is 0. The molecule has 0 radical (unpaired) electrons. The Kier molecular flexibility index (Phi) is 4.13. The van der Waals surface area contributed by atoms with Gasteiger partial charge in [-0.1, -0.05) is 12.2 Å². The minimum atomic E-state index is -4.74. The lowest BCUT2D eigenvalue weighted by Crippen LogP contribution is -2.61. The van der Waals surface area contributed by atoms with E-state index in [4.69, 9.17) is 18.2 Å². The molecule has 2 aliphatic heterocycles. The van der Waals surface area contributed by atoms with Gasteiger partial charge in [-0.25, -0.2) is 0 Å². The first-order valence-electron chi connectivity index (χ1n) is 8.60. The summed E-state index contributed by atoms with van der Waals surface area (Å²) in [5.41, 5.74) is 1.59. The van der Waals surface area contributed by atoms with Crippen LogP contribution in [0.25, 0.3) is 0 Å². The molecule has 3 atom stereocenters. The highest BCUT2D eigenvalue weighted by atomic mass is 32.3. The van der Waals surface area contributed by atoms with Crippen molar-refractivity contribution in [2.75, 3.05) is 27.3 Å². The number of ether oxygens (including phenoxy) is 2. The van der Waals surface area contributed by atoms with Crippen molar-refractivity contribution >= 4 is 10.4 Å². The monoisotopic (exact) mass is 395 g/mol. The number of hydrogen-bond acceptors (Lipinski definition) is 6. The number of hydrogen-bond donors (Lipinski definition) is 1. The maximum absolute atomic E-state index is 13.8. The molecule has 8 nitrogen and oxygen atoms in total. The van der Waals surface area contributed by atoms with E-state index in [2.05, 4.69) is 0 Å². The van der Waals surface area contributed by atoms with E-state index in [0.717, 1.165) is 11.1 Å². The van der Waals surface area contributed by atoms with Gasteiger partial charge in [0.1, 0.15) is 0 Å². The topological polar surface area (TPSA) is 105 Å². The summed E-state index contributed by atoms with van der Waals surface area (Å²) in [6, 6.07) is 3.20. The van der Waals surface area contributed by atoms with E-state index in [0.29, 0.717) is 31.5 Å². The SMILES string of the molecule is COc1cc2c(cc1OS(=O)(=O)O)[C@@]13C[C@@H](OC)C=CC1=CC[N+]3([O-])CC2. The maximum atomic E-state index is 13.8. The minimum Gasteiger partial charge on any atom is -0.632 e. The average Bonchev–Trinajstić information content (AvgIpc) is 2.93. The summed E-state index contributed by atoms with van der Waals surface area (Å²) in [5.74, 6) is 0.0446. The molecule has 0 saturated carbocycles. The second kappa shape index (κ2) is 6.05. The number of quaternary nitrogens is 1. The largest absolute Gasteiger partial charge is 0.632 e. The van der Waals surface area contributed by atoms with Crippen LogP contribution in [0.4, 0.5) is 0 Å². The number of nitrogens with zero attached hydrogens (tertiary/aromatic N) is 1. The summed E-state index contributed by atoms with van der Waals surface area (Å²) in [5, 5.41) is 13.8. The molecule has 1 aromatic carbocycles. The van der Waals surface area contributed by atoms with Crippen LogP contribution in [0.2, 0.25) is 0 Å². The first-order valence-corrected chi connectivity index (χ1v) is 9.97. The van der Waals surface area contributed by atoms with Crippen LogP contribution in [0.3, 0.4) is 0 Å². The van der Waals surface area contributed by atoms with Crippen molar-refractivity contribution < 1.29 is 31.3 Å². The Labute approximate surface area is 157 Å². The van der Waals surface area contributed by atoms with Crippen molar-refractivity contribution in [2.45, 2.75) is 24.5 Å². The lowest BCUT2D eigenvalue weighted by molar-refractivity contribution is -0.926. The molecule has 9 heteroatoms. The van der Waals surface area contributed by atoms with Crippen LogP contribution in [0.15, 0.2) is 35.9 Å². The quantitative estimate of drug-likeness (QED) is 0.471. The molecule has 1 aliphatic carbocycles. The molecule has 1 spiro atoms. The van der Waals surface area contributed by atoms with E-state index in [1.54, 1.807) is 13.2 Å². The molecule has 0 aromatic heterocycles. The van der Waals surface area contributed by atoms with E-state index in [1.165, 1.54) is 13.2 Å². The Hall–Kier alpha value is -1.91. The van der Waals surface area contributed by atoms with E-state index < -0.39 is 20.6 Å². The highest BCUT2D eigenvalue weighted by Crippen LogP contribution is 2.56. The molecular formula is C18H21NO7S. The molecule has 1 unspecified atom stereocenters.